The third kappa shape index (κ3) is 4.71. The molecule has 0 heterocycles. The highest BCUT2D eigenvalue weighted by molar-refractivity contribution is 5.42. The van der Waals surface area contributed by atoms with Crippen LogP contribution in [0.3, 0.4) is 0 Å². The number of rotatable bonds is 6. The Labute approximate surface area is 116 Å². The lowest BCUT2D eigenvalue weighted by molar-refractivity contribution is 0.0335. The van der Waals surface area contributed by atoms with E-state index in [0.717, 1.165) is 24.8 Å². The lowest BCUT2D eigenvalue weighted by Gasteiger charge is -2.26. The van der Waals surface area contributed by atoms with Crippen LogP contribution >= 0.6 is 0 Å². The Hall–Kier alpha value is -1.28. The maximum absolute atomic E-state index is 5.98. The van der Waals surface area contributed by atoms with E-state index in [1.807, 2.05) is 18.2 Å². The summed E-state index contributed by atoms with van der Waals surface area (Å²) in [5.41, 5.74) is 1.16. The summed E-state index contributed by atoms with van der Waals surface area (Å²) in [6.07, 6.45) is 7.20. The van der Waals surface area contributed by atoms with Crippen LogP contribution in [0.5, 0.6) is 0 Å². The van der Waals surface area contributed by atoms with Crippen LogP contribution in [0.2, 0.25) is 0 Å². The number of allylic oxidation sites excluding steroid dienone is 2. The Morgan fingerprint density at radius 3 is 2.68 bits per heavy atom. The minimum absolute atomic E-state index is 0.248. The van der Waals surface area contributed by atoms with Crippen molar-refractivity contribution in [3.63, 3.8) is 0 Å². The van der Waals surface area contributed by atoms with Crippen LogP contribution in [0.4, 0.5) is 5.69 Å². The average molecular weight is 259 g/mol. The number of hydrogen-bond donors (Lipinski definition) is 1. The van der Waals surface area contributed by atoms with Crippen molar-refractivity contribution in [3.05, 3.63) is 42.5 Å². The van der Waals surface area contributed by atoms with Gasteiger partial charge in [0.05, 0.1) is 12.7 Å². The summed E-state index contributed by atoms with van der Waals surface area (Å²) < 4.78 is 5.98. The highest BCUT2D eigenvalue weighted by Gasteiger charge is 2.19. The molecule has 0 spiro atoms. The first-order valence-corrected chi connectivity index (χ1v) is 7.31. The molecule has 2 nitrogen and oxygen atoms in total. The molecule has 0 radical (unpaired) electrons. The lowest BCUT2D eigenvalue weighted by atomic mass is 9.85. The first-order valence-electron chi connectivity index (χ1n) is 7.31. The number of nitrogens with one attached hydrogen (secondary N) is 1. The zero-order valence-electron chi connectivity index (χ0n) is 12.0. The molecular formula is C17H25NO. The molecule has 104 valence electrons. The third-order valence-electron chi connectivity index (χ3n) is 3.88. The maximum Gasteiger partial charge on any atom is 0.0719 e. The fourth-order valence-electron chi connectivity index (χ4n) is 2.40. The Kier molecular flexibility index (Phi) is 5.46. The molecule has 3 unspecified atom stereocenters. The summed E-state index contributed by atoms with van der Waals surface area (Å²) in [5.74, 6) is 1.43. The second-order valence-electron chi connectivity index (χ2n) is 5.57. The molecule has 19 heavy (non-hydrogen) atoms. The second-order valence-corrected chi connectivity index (χ2v) is 5.57. The number of ether oxygens (including phenoxy) is 1. The fourth-order valence-corrected chi connectivity index (χ4v) is 2.40. The van der Waals surface area contributed by atoms with Crippen LogP contribution in [-0.4, -0.2) is 19.3 Å². The molecule has 2 heteroatoms. The highest BCUT2D eigenvalue weighted by atomic mass is 16.5. The minimum atomic E-state index is 0.248. The van der Waals surface area contributed by atoms with Gasteiger partial charge in [-0.25, -0.2) is 0 Å². The Balaban J connectivity index is 1.67. The normalized spacial score (nSPS) is 24.1. The minimum Gasteiger partial charge on any atom is -0.382 e. The Bertz CT molecular complexity index is 388. The van der Waals surface area contributed by atoms with E-state index in [1.54, 1.807) is 0 Å². The van der Waals surface area contributed by atoms with Gasteiger partial charge in [0, 0.05) is 12.2 Å². The van der Waals surface area contributed by atoms with E-state index >= 15 is 0 Å². The molecule has 0 saturated heterocycles. The van der Waals surface area contributed by atoms with E-state index in [-0.39, 0.29) is 6.10 Å². The standard InChI is InChI=1S/C17H25NO/c1-14-8-6-7-9-16(14)13-19-15(2)12-18-17-10-4-3-5-11-17/h3-7,10-11,14-16,18H,8-9,12-13H2,1-2H3. The van der Waals surface area contributed by atoms with Crippen LogP contribution in [0, 0.1) is 11.8 Å². The van der Waals surface area contributed by atoms with Gasteiger partial charge in [-0.2, -0.15) is 0 Å². The highest BCUT2D eigenvalue weighted by Crippen LogP contribution is 2.25. The molecule has 0 bridgehead atoms. The van der Waals surface area contributed by atoms with Crippen molar-refractivity contribution in [2.24, 2.45) is 11.8 Å². The SMILES string of the molecule is CC(CNc1ccccc1)OCC1CC=CCC1C. The second kappa shape index (κ2) is 7.34. The van der Waals surface area contributed by atoms with Gasteiger partial charge in [0.25, 0.3) is 0 Å². The summed E-state index contributed by atoms with van der Waals surface area (Å²) in [5, 5.41) is 3.40. The van der Waals surface area contributed by atoms with Crippen LogP contribution in [0.1, 0.15) is 26.7 Å². The van der Waals surface area contributed by atoms with Crippen LogP contribution in [0.25, 0.3) is 0 Å². The van der Waals surface area contributed by atoms with Crippen molar-refractivity contribution in [1.29, 1.82) is 0 Å². The van der Waals surface area contributed by atoms with Crippen molar-refractivity contribution in [2.75, 3.05) is 18.5 Å². The largest absolute Gasteiger partial charge is 0.382 e. The van der Waals surface area contributed by atoms with Crippen molar-refractivity contribution in [2.45, 2.75) is 32.8 Å². The van der Waals surface area contributed by atoms with Gasteiger partial charge < -0.3 is 10.1 Å². The molecule has 0 aromatic heterocycles. The summed E-state index contributed by atoms with van der Waals surface area (Å²) in [6, 6.07) is 10.3. The van der Waals surface area contributed by atoms with Crippen LogP contribution in [0.15, 0.2) is 42.5 Å². The fraction of sp³-hybridized carbons (Fsp3) is 0.529. The topological polar surface area (TPSA) is 21.3 Å². The lowest BCUT2D eigenvalue weighted by Crippen LogP contribution is -2.26. The summed E-state index contributed by atoms with van der Waals surface area (Å²) in [6.45, 7) is 6.20. The molecule has 1 aromatic rings. The van der Waals surface area contributed by atoms with Gasteiger partial charge in [-0.15, -0.1) is 0 Å². The number of anilines is 1. The molecule has 1 aliphatic rings. The van der Waals surface area contributed by atoms with E-state index < -0.39 is 0 Å². The van der Waals surface area contributed by atoms with Crippen LogP contribution < -0.4 is 5.32 Å². The first-order chi connectivity index (χ1) is 9.25. The zero-order chi connectivity index (χ0) is 13.5. The van der Waals surface area contributed by atoms with E-state index in [9.17, 15) is 0 Å². The van der Waals surface area contributed by atoms with Gasteiger partial charge in [-0.3, -0.25) is 0 Å². The predicted octanol–water partition coefficient (Wildman–Crippen LogP) is 4.11. The Morgan fingerprint density at radius 2 is 1.95 bits per heavy atom. The van der Waals surface area contributed by atoms with E-state index in [0.29, 0.717) is 5.92 Å². The van der Waals surface area contributed by atoms with Crippen molar-refractivity contribution >= 4 is 5.69 Å². The third-order valence-corrected chi connectivity index (χ3v) is 3.88. The van der Waals surface area contributed by atoms with Gasteiger partial charge >= 0.3 is 0 Å². The average Bonchev–Trinajstić information content (AvgIpc) is 2.45. The van der Waals surface area contributed by atoms with E-state index in [2.05, 4.69) is 43.4 Å². The quantitative estimate of drug-likeness (QED) is 0.776. The van der Waals surface area contributed by atoms with E-state index in [4.69, 9.17) is 4.74 Å². The molecule has 0 aliphatic heterocycles. The number of hydrogen-bond acceptors (Lipinski definition) is 2. The summed E-state index contributed by atoms with van der Waals surface area (Å²) >= 11 is 0. The monoisotopic (exact) mass is 259 g/mol. The molecular weight excluding hydrogens is 234 g/mol. The number of benzene rings is 1. The van der Waals surface area contributed by atoms with Gasteiger partial charge in [0.2, 0.25) is 0 Å². The predicted molar refractivity (Wildman–Crippen MR) is 81.4 cm³/mol. The smallest absolute Gasteiger partial charge is 0.0719 e. The maximum atomic E-state index is 5.98. The zero-order valence-corrected chi connectivity index (χ0v) is 12.0. The molecule has 1 aromatic carbocycles. The molecule has 0 amide bonds. The molecule has 1 N–H and O–H groups in total. The summed E-state index contributed by atoms with van der Waals surface area (Å²) in [4.78, 5) is 0. The molecule has 0 saturated carbocycles. The Morgan fingerprint density at radius 1 is 1.21 bits per heavy atom. The number of para-hydroxylation sites is 1. The van der Waals surface area contributed by atoms with E-state index in [1.165, 1.54) is 12.8 Å². The molecule has 3 atom stereocenters. The van der Waals surface area contributed by atoms with Gasteiger partial charge in [0.1, 0.15) is 0 Å². The first kappa shape index (κ1) is 14.1. The van der Waals surface area contributed by atoms with Gasteiger partial charge in [-0.1, -0.05) is 37.3 Å². The molecule has 0 fully saturated rings. The van der Waals surface area contributed by atoms with Crippen LogP contribution in [-0.2, 0) is 4.74 Å². The van der Waals surface area contributed by atoms with Crippen molar-refractivity contribution in [3.8, 4) is 0 Å². The van der Waals surface area contributed by atoms with Gasteiger partial charge in [-0.05, 0) is 43.7 Å². The molecule has 2 rings (SSSR count). The van der Waals surface area contributed by atoms with Crippen molar-refractivity contribution < 1.29 is 4.74 Å². The van der Waals surface area contributed by atoms with Crippen molar-refractivity contribution in [1.82, 2.24) is 0 Å². The van der Waals surface area contributed by atoms with Gasteiger partial charge in [0.15, 0.2) is 0 Å². The molecule has 1 aliphatic carbocycles. The summed E-state index contributed by atoms with van der Waals surface area (Å²) in [7, 11) is 0.